The van der Waals surface area contributed by atoms with Crippen molar-refractivity contribution in [1.82, 2.24) is 9.78 Å². The first-order valence-corrected chi connectivity index (χ1v) is 9.91. The van der Waals surface area contributed by atoms with Crippen LogP contribution in [-0.2, 0) is 4.74 Å². The molecule has 1 heterocycles. The Hall–Kier alpha value is -3.00. The number of aromatic nitrogens is 2. The average molecular weight is 522 g/mol. The van der Waals surface area contributed by atoms with Gasteiger partial charge in [-0.25, -0.2) is 18.3 Å². The van der Waals surface area contributed by atoms with Crippen LogP contribution in [0.25, 0.3) is 16.9 Å². The van der Waals surface area contributed by atoms with Gasteiger partial charge in [-0.15, -0.1) is 5.10 Å². The molecule has 0 bridgehead atoms. The van der Waals surface area contributed by atoms with E-state index in [9.17, 15) is 13.6 Å². The van der Waals surface area contributed by atoms with Crippen molar-refractivity contribution in [3.05, 3.63) is 63.2 Å². The van der Waals surface area contributed by atoms with Crippen molar-refractivity contribution in [2.24, 2.45) is 0 Å². The molecule has 3 aromatic rings. The van der Waals surface area contributed by atoms with Crippen LogP contribution in [0.15, 0.2) is 42.5 Å². The van der Waals surface area contributed by atoms with Crippen molar-refractivity contribution in [3.8, 4) is 23.0 Å². The van der Waals surface area contributed by atoms with Crippen molar-refractivity contribution in [2.45, 2.75) is 26.4 Å². The molecule has 1 N–H and O–H groups in total. The van der Waals surface area contributed by atoms with Crippen LogP contribution in [0.1, 0.15) is 26.3 Å². The molecule has 9 heteroatoms. The van der Waals surface area contributed by atoms with Crippen LogP contribution < -0.4 is 5.32 Å². The summed E-state index contributed by atoms with van der Waals surface area (Å²) in [6.07, 6.45) is -0.710. The van der Waals surface area contributed by atoms with Crippen LogP contribution in [-0.4, -0.2) is 21.5 Å². The first-order valence-electron chi connectivity index (χ1n) is 8.83. The molecule has 154 valence electrons. The van der Waals surface area contributed by atoms with E-state index in [2.05, 4.69) is 10.4 Å². The Kier molecular flexibility index (Phi) is 6.07. The summed E-state index contributed by atoms with van der Waals surface area (Å²) < 4.78 is 35.4. The Bertz CT molecular complexity index is 1160. The standard InChI is InChI=1S/C21H17F2IN4O2/c1-21(2,3)30-20(29)26-19-10-18(12-4-5-13(11-25)15(22)8-12)28(27-19)14-6-7-17(24)16(23)9-14/h4-10H,1-3H3,(H,26,27,29). The van der Waals surface area contributed by atoms with Crippen LogP contribution in [0, 0.1) is 26.5 Å². The minimum atomic E-state index is -0.710. The molecule has 6 nitrogen and oxygen atoms in total. The third-order valence-corrected chi connectivity index (χ3v) is 4.75. The zero-order valence-electron chi connectivity index (χ0n) is 16.3. The molecule has 0 fully saturated rings. The lowest BCUT2D eigenvalue weighted by molar-refractivity contribution is 0.0635. The van der Waals surface area contributed by atoms with Gasteiger partial charge in [-0.1, -0.05) is 6.07 Å². The number of rotatable bonds is 3. The van der Waals surface area contributed by atoms with Crippen LogP contribution >= 0.6 is 22.6 Å². The predicted molar refractivity (Wildman–Crippen MR) is 116 cm³/mol. The van der Waals surface area contributed by atoms with E-state index in [0.717, 1.165) is 0 Å². The number of carbonyl (C=O) groups is 1. The van der Waals surface area contributed by atoms with Crippen molar-refractivity contribution in [2.75, 3.05) is 5.32 Å². The second-order valence-corrected chi connectivity index (χ2v) is 8.52. The molecule has 0 unspecified atom stereocenters. The molecular formula is C21H17F2IN4O2. The SMILES string of the molecule is CC(C)(C)OC(=O)Nc1cc(-c2ccc(C#N)c(F)c2)n(-c2ccc(I)c(F)c2)n1. The van der Waals surface area contributed by atoms with E-state index < -0.39 is 23.3 Å². The van der Waals surface area contributed by atoms with E-state index in [0.29, 0.717) is 20.5 Å². The maximum absolute atomic E-state index is 14.2. The number of hydrogen-bond donors (Lipinski definition) is 1. The lowest BCUT2D eigenvalue weighted by atomic mass is 10.1. The number of nitriles is 1. The third-order valence-electron chi connectivity index (χ3n) is 3.87. The number of amides is 1. The molecule has 0 spiro atoms. The van der Waals surface area contributed by atoms with Gasteiger partial charge in [0.2, 0.25) is 0 Å². The second kappa shape index (κ2) is 8.39. The Morgan fingerprint density at radius 1 is 1.17 bits per heavy atom. The zero-order valence-corrected chi connectivity index (χ0v) is 18.5. The first-order chi connectivity index (χ1) is 14.1. The fourth-order valence-corrected chi connectivity index (χ4v) is 2.97. The van der Waals surface area contributed by atoms with Crippen molar-refractivity contribution >= 4 is 34.5 Å². The molecule has 30 heavy (non-hydrogen) atoms. The number of hydrogen-bond acceptors (Lipinski definition) is 4. The summed E-state index contributed by atoms with van der Waals surface area (Å²) in [5.41, 5.74) is 0.368. The molecule has 0 radical (unpaired) electrons. The van der Waals surface area contributed by atoms with Gasteiger partial charge in [0.25, 0.3) is 0 Å². The quantitative estimate of drug-likeness (QED) is 0.452. The van der Waals surface area contributed by atoms with E-state index >= 15 is 0 Å². The number of benzene rings is 2. The van der Waals surface area contributed by atoms with Gasteiger partial charge in [-0.05, 0) is 67.6 Å². The molecule has 1 aromatic heterocycles. The monoisotopic (exact) mass is 522 g/mol. The van der Waals surface area contributed by atoms with E-state index in [4.69, 9.17) is 10.00 Å². The summed E-state index contributed by atoms with van der Waals surface area (Å²) in [5, 5.41) is 15.8. The molecule has 3 rings (SSSR count). The number of nitrogens with one attached hydrogen (secondary N) is 1. The highest BCUT2D eigenvalue weighted by atomic mass is 127. The van der Waals surface area contributed by atoms with Gasteiger partial charge >= 0.3 is 6.09 Å². The van der Waals surface area contributed by atoms with Gasteiger partial charge in [0.05, 0.1) is 16.9 Å². The molecule has 0 aliphatic carbocycles. The summed E-state index contributed by atoms with van der Waals surface area (Å²) >= 11 is 1.87. The fourth-order valence-electron chi connectivity index (χ4n) is 2.63. The Morgan fingerprint density at radius 3 is 2.50 bits per heavy atom. The highest BCUT2D eigenvalue weighted by Crippen LogP contribution is 2.28. The number of ether oxygens (including phenoxy) is 1. The zero-order chi connectivity index (χ0) is 22.1. The van der Waals surface area contributed by atoms with Gasteiger partial charge in [-0.2, -0.15) is 5.26 Å². The number of halogens is 3. The smallest absolute Gasteiger partial charge is 0.413 e. The lowest BCUT2D eigenvalue weighted by Gasteiger charge is -2.19. The van der Waals surface area contributed by atoms with Crippen LogP contribution in [0.4, 0.5) is 19.4 Å². The molecule has 1 amide bonds. The van der Waals surface area contributed by atoms with E-state index in [-0.39, 0.29) is 11.4 Å². The van der Waals surface area contributed by atoms with Gasteiger partial charge in [0, 0.05) is 21.3 Å². The molecule has 0 atom stereocenters. The second-order valence-electron chi connectivity index (χ2n) is 7.36. The molecule has 0 saturated carbocycles. The molecular weight excluding hydrogens is 505 g/mol. The highest BCUT2D eigenvalue weighted by molar-refractivity contribution is 14.1. The Labute approximate surface area is 185 Å². The van der Waals surface area contributed by atoms with Crippen molar-refractivity contribution in [3.63, 3.8) is 0 Å². The van der Waals surface area contributed by atoms with Crippen molar-refractivity contribution in [1.29, 1.82) is 5.26 Å². The Morgan fingerprint density at radius 2 is 1.90 bits per heavy atom. The molecule has 0 aliphatic heterocycles. The fraction of sp³-hybridized carbons (Fsp3) is 0.190. The molecule has 0 saturated heterocycles. The normalized spacial score (nSPS) is 11.1. The van der Waals surface area contributed by atoms with Crippen LogP contribution in [0.2, 0.25) is 0 Å². The van der Waals surface area contributed by atoms with E-state index in [1.807, 2.05) is 22.6 Å². The topological polar surface area (TPSA) is 79.9 Å². The minimum Gasteiger partial charge on any atom is -0.444 e. The van der Waals surface area contributed by atoms with Gasteiger partial charge in [0.1, 0.15) is 23.3 Å². The molecule has 2 aromatic carbocycles. The van der Waals surface area contributed by atoms with Crippen LogP contribution in [0.5, 0.6) is 0 Å². The van der Waals surface area contributed by atoms with Gasteiger partial charge in [0.15, 0.2) is 5.82 Å². The van der Waals surface area contributed by atoms with Gasteiger partial charge in [-0.3, -0.25) is 5.32 Å². The summed E-state index contributed by atoms with van der Waals surface area (Å²) in [5.74, 6) is -0.997. The Balaban J connectivity index is 2.08. The predicted octanol–water partition coefficient (Wildman–Crippen LogP) is 5.64. The van der Waals surface area contributed by atoms with E-state index in [1.54, 1.807) is 45.0 Å². The average Bonchev–Trinajstić information content (AvgIpc) is 3.06. The highest BCUT2D eigenvalue weighted by Gasteiger charge is 2.20. The number of carbonyl (C=O) groups excluding carboxylic acids is 1. The van der Waals surface area contributed by atoms with Crippen LogP contribution in [0.3, 0.4) is 0 Å². The number of anilines is 1. The third kappa shape index (κ3) is 4.94. The summed E-state index contributed by atoms with van der Waals surface area (Å²) in [7, 11) is 0. The summed E-state index contributed by atoms with van der Waals surface area (Å²) in [6, 6.07) is 11.9. The maximum Gasteiger partial charge on any atom is 0.413 e. The lowest BCUT2D eigenvalue weighted by Crippen LogP contribution is -2.27. The first kappa shape index (κ1) is 21.7. The van der Waals surface area contributed by atoms with E-state index in [1.165, 1.54) is 28.9 Å². The largest absolute Gasteiger partial charge is 0.444 e. The number of nitrogens with zero attached hydrogens (tertiary/aromatic N) is 3. The molecule has 0 aliphatic rings. The minimum absolute atomic E-state index is 0.0998. The maximum atomic E-state index is 14.2. The van der Waals surface area contributed by atoms with Gasteiger partial charge < -0.3 is 4.74 Å². The van der Waals surface area contributed by atoms with Crippen molar-refractivity contribution < 1.29 is 18.3 Å². The summed E-state index contributed by atoms with van der Waals surface area (Å²) in [6.45, 7) is 5.18. The summed E-state index contributed by atoms with van der Waals surface area (Å²) in [4.78, 5) is 12.1.